The second-order valence-electron chi connectivity index (χ2n) is 7.00. The molecule has 120 valence electrons. The fraction of sp³-hybridized carbons (Fsp3) is 0.632. The predicted molar refractivity (Wildman–Crippen MR) is 88.0 cm³/mol. The molecule has 2 bridgehead atoms. The Morgan fingerprint density at radius 1 is 1.32 bits per heavy atom. The first-order valence-corrected chi connectivity index (χ1v) is 8.61. The number of nitrogens with one attached hydrogen (secondary N) is 1. The summed E-state index contributed by atoms with van der Waals surface area (Å²) in [6.07, 6.45) is 5.41. The number of carbonyl (C=O) groups excluding carboxylic acids is 1. The molecule has 3 heteroatoms. The minimum absolute atomic E-state index is 0.0564. The van der Waals surface area contributed by atoms with Crippen molar-refractivity contribution in [3.63, 3.8) is 0 Å². The molecule has 0 spiro atoms. The van der Waals surface area contributed by atoms with Crippen LogP contribution in [0.2, 0.25) is 0 Å². The summed E-state index contributed by atoms with van der Waals surface area (Å²) < 4.78 is 6.02. The van der Waals surface area contributed by atoms with E-state index in [9.17, 15) is 4.79 Å². The average Bonchev–Trinajstić information content (AvgIpc) is 3.11. The molecule has 2 saturated carbocycles. The zero-order chi connectivity index (χ0) is 15.7. The molecule has 1 amide bonds. The van der Waals surface area contributed by atoms with Crippen molar-refractivity contribution in [3.8, 4) is 5.75 Å². The van der Waals surface area contributed by atoms with Crippen LogP contribution in [0.5, 0.6) is 5.75 Å². The van der Waals surface area contributed by atoms with Gasteiger partial charge in [0.05, 0.1) is 0 Å². The molecule has 0 aliphatic heterocycles. The number of aryl methyl sites for hydroxylation is 1. The molecular formula is C19H27NO2. The SMILES string of the molecule is CC[C@H](Oc1cccc(C)c1C)C(=O)N[C@H]1C[C@@H]2CC[C@@H]1C2. The molecule has 2 fully saturated rings. The summed E-state index contributed by atoms with van der Waals surface area (Å²) >= 11 is 0. The Morgan fingerprint density at radius 3 is 2.77 bits per heavy atom. The first kappa shape index (κ1) is 15.4. The molecule has 4 atom stereocenters. The molecule has 0 saturated heterocycles. The van der Waals surface area contributed by atoms with Crippen molar-refractivity contribution in [2.75, 3.05) is 0 Å². The van der Waals surface area contributed by atoms with E-state index in [1.807, 2.05) is 26.0 Å². The van der Waals surface area contributed by atoms with Crippen LogP contribution in [0.4, 0.5) is 0 Å². The number of hydrogen-bond acceptors (Lipinski definition) is 2. The Hall–Kier alpha value is -1.51. The van der Waals surface area contributed by atoms with Crippen LogP contribution in [0.25, 0.3) is 0 Å². The fourth-order valence-corrected chi connectivity index (χ4v) is 4.02. The van der Waals surface area contributed by atoms with E-state index in [2.05, 4.69) is 18.3 Å². The van der Waals surface area contributed by atoms with Gasteiger partial charge in [-0.25, -0.2) is 0 Å². The van der Waals surface area contributed by atoms with Crippen LogP contribution in [0.1, 0.15) is 50.2 Å². The van der Waals surface area contributed by atoms with Gasteiger partial charge in [-0.05, 0) is 68.6 Å². The molecule has 2 aliphatic rings. The number of benzene rings is 1. The lowest BCUT2D eigenvalue weighted by atomic mass is 9.95. The fourth-order valence-electron chi connectivity index (χ4n) is 4.02. The smallest absolute Gasteiger partial charge is 0.261 e. The van der Waals surface area contributed by atoms with E-state index >= 15 is 0 Å². The highest BCUT2D eigenvalue weighted by molar-refractivity contribution is 5.81. The predicted octanol–water partition coefficient (Wildman–Crippen LogP) is 3.77. The van der Waals surface area contributed by atoms with Crippen LogP contribution < -0.4 is 10.1 Å². The summed E-state index contributed by atoms with van der Waals surface area (Å²) in [5, 5.41) is 3.25. The van der Waals surface area contributed by atoms with Crippen LogP contribution in [0, 0.1) is 25.7 Å². The molecule has 3 nitrogen and oxygen atoms in total. The van der Waals surface area contributed by atoms with E-state index in [1.165, 1.54) is 24.8 Å². The Kier molecular flexibility index (Phi) is 4.42. The molecule has 1 N–H and O–H groups in total. The number of amides is 1. The first-order chi connectivity index (χ1) is 10.6. The summed E-state index contributed by atoms with van der Waals surface area (Å²) in [5.74, 6) is 2.43. The minimum atomic E-state index is -0.389. The molecule has 0 unspecified atom stereocenters. The molecule has 22 heavy (non-hydrogen) atoms. The normalized spacial score (nSPS) is 27.7. The minimum Gasteiger partial charge on any atom is -0.480 e. The van der Waals surface area contributed by atoms with E-state index in [4.69, 9.17) is 4.74 Å². The van der Waals surface area contributed by atoms with Crippen LogP contribution in [0.3, 0.4) is 0 Å². The van der Waals surface area contributed by atoms with Crippen molar-refractivity contribution in [1.29, 1.82) is 0 Å². The van der Waals surface area contributed by atoms with Gasteiger partial charge in [-0.15, -0.1) is 0 Å². The van der Waals surface area contributed by atoms with Gasteiger partial charge in [0.1, 0.15) is 5.75 Å². The van der Waals surface area contributed by atoms with Crippen LogP contribution in [0.15, 0.2) is 18.2 Å². The molecule has 1 aromatic rings. The molecule has 3 rings (SSSR count). The summed E-state index contributed by atoms with van der Waals surface area (Å²) in [4.78, 5) is 12.6. The van der Waals surface area contributed by atoms with Crippen LogP contribution >= 0.6 is 0 Å². The van der Waals surface area contributed by atoms with E-state index in [-0.39, 0.29) is 12.0 Å². The maximum absolute atomic E-state index is 12.6. The number of rotatable bonds is 5. The van der Waals surface area contributed by atoms with Gasteiger partial charge in [0.25, 0.3) is 5.91 Å². The highest BCUT2D eigenvalue weighted by Gasteiger charge is 2.40. The first-order valence-electron chi connectivity index (χ1n) is 8.61. The Morgan fingerprint density at radius 2 is 2.14 bits per heavy atom. The lowest BCUT2D eigenvalue weighted by molar-refractivity contribution is -0.129. The summed E-state index contributed by atoms with van der Waals surface area (Å²) in [5.41, 5.74) is 2.31. The topological polar surface area (TPSA) is 38.3 Å². The Labute approximate surface area is 133 Å². The van der Waals surface area contributed by atoms with Gasteiger partial charge in [0.2, 0.25) is 0 Å². The largest absolute Gasteiger partial charge is 0.480 e. The van der Waals surface area contributed by atoms with E-state index < -0.39 is 0 Å². The van der Waals surface area contributed by atoms with E-state index in [0.717, 1.165) is 23.7 Å². The van der Waals surface area contributed by atoms with Gasteiger partial charge in [-0.2, -0.15) is 0 Å². The lowest BCUT2D eigenvalue weighted by Crippen LogP contribution is -2.45. The van der Waals surface area contributed by atoms with Gasteiger partial charge in [0, 0.05) is 6.04 Å². The molecule has 2 aliphatic carbocycles. The Bertz CT molecular complexity index is 554. The van der Waals surface area contributed by atoms with Crippen molar-refractivity contribution in [2.24, 2.45) is 11.8 Å². The van der Waals surface area contributed by atoms with Crippen molar-refractivity contribution in [3.05, 3.63) is 29.3 Å². The summed E-state index contributed by atoms with van der Waals surface area (Å²) in [7, 11) is 0. The zero-order valence-corrected chi connectivity index (χ0v) is 13.9. The zero-order valence-electron chi connectivity index (χ0n) is 13.9. The highest BCUT2D eigenvalue weighted by atomic mass is 16.5. The van der Waals surface area contributed by atoms with Crippen molar-refractivity contribution in [2.45, 2.75) is 65.0 Å². The second-order valence-corrected chi connectivity index (χ2v) is 7.00. The number of carbonyl (C=O) groups is 1. The van der Waals surface area contributed by atoms with Crippen molar-refractivity contribution >= 4 is 5.91 Å². The summed E-state index contributed by atoms with van der Waals surface area (Å²) in [6.45, 7) is 6.12. The standard InChI is InChI=1S/C19H27NO2/c1-4-17(22-18-7-5-6-12(2)13(18)3)19(21)20-16-11-14-8-9-15(16)10-14/h5-7,14-17H,4,8-11H2,1-3H3,(H,20,21)/t14-,15-,16+,17+/m1/s1. The third-order valence-electron chi connectivity index (χ3n) is 5.55. The van der Waals surface area contributed by atoms with E-state index in [1.54, 1.807) is 0 Å². The maximum atomic E-state index is 12.6. The number of fused-ring (bicyclic) bond motifs is 2. The van der Waals surface area contributed by atoms with Gasteiger partial charge < -0.3 is 10.1 Å². The molecule has 1 aromatic carbocycles. The van der Waals surface area contributed by atoms with Gasteiger partial charge in [0.15, 0.2) is 6.10 Å². The Balaban J connectivity index is 1.63. The molecule has 0 radical (unpaired) electrons. The molecular weight excluding hydrogens is 274 g/mol. The number of hydrogen-bond donors (Lipinski definition) is 1. The average molecular weight is 301 g/mol. The van der Waals surface area contributed by atoms with Crippen LogP contribution in [-0.4, -0.2) is 18.1 Å². The van der Waals surface area contributed by atoms with Gasteiger partial charge in [-0.3, -0.25) is 4.79 Å². The third-order valence-corrected chi connectivity index (χ3v) is 5.55. The quantitative estimate of drug-likeness (QED) is 0.899. The second kappa shape index (κ2) is 6.31. The van der Waals surface area contributed by atoms with Gasteiger partial charge in [-0.1, -0.05) is 25.5 Å². The molecule has 0 heterocycles. The van der Waals surface area contributed by atoms with Crippen molar-refractivity contribution < 1.29 is 9.53 Å². The van der Waals surface area contributed by atoms with Crippen LogP contribution in [-0.2, 0) is 4.79 Å². The third kappa shape index (κ3) is 2.99. The number of ether oxygens (including phenoxy) is 1. The lowest BCUT2D eigenvalue weighted by Gasteiger charge is -2.26. The van der Waals surface area contributed by atoms with Gasteiger partial charge >= 0.3 is 0 Å². The van der Waals surface area contributed by atoms with Crippen molar-refractivity contribution in [1.82, 2.24) is 5.32 Å². The maximum Gasteiger partial charge on any atom is 0.261 e. The summed E-state index contributed by atoms with van der Waals surface area (Å²) in [6, 6.07) is 6.38. The highest BCUT2D eigenvalue weighted by Crippen LogP contribution is 2.44. The monoisotopic (exact) mass is 301 g/mol. The van der Waals surface area contributed by atoms with E-state index in [0.29, 0.717) is 18.4 Å². The molecule has 0 aromatic heterocycles.